The molecule has 636 valence electrons. The minimum absolute atomic E-state index is 0. The molecule has 1 unspecified atom stereocenters. The highest BCUT2D eigenvalue weighted by molar-refractivity contribution is 7.59. The van der Waals surface area contributed by atoms with Crippen molar-refractivity contribution in [2.24, 2.45) is 11.7 Å². The Morgan fingerprint density at radius 2 is 0.881 bits per heavy atom. The molecule has 6 N–H and O–H groups in total. The lowest BCUT2D eigenvalue weighted by Gasteiger charge is -2.22. The van der Waals surface area contributed by atoms with E-state index in [1.54, 1.807) is 31.2 Å². The third kappa shape index (κ3) is 75.7. The highest BCUT2D eigenvalue weighted by atomic mass is 32.1. The normalized spacial score (nSPS) is 12.1. The molecule has 0 saturated carbocycles. The number of carbonyl (C=O) groups excluding carboxylic acids is 8. The van der Waals surface area contributed by atoms with E-state index >= 15 is 0 Å². The number of allylic oxidation sites excluding steroid dienone is 1. The van der Waals surface area contributed by atoms with Gasteiger partial charge in [-0.2, -0.15) is 40.5 Å². The van der Waals surface area contributed by atoms with Crippen molar-refractivity contribution in [1.82, 2.24) is 20.9 Å². The first-order valence-corrected chi connectivity index (χ1v) is 40.3. The number of hydrogen-bond acceptors (Lipinski definition) is 19. The van der Waals surface area contributed by atoms with Crippen molar-refractivity contribution in [3.05, 3.63) is 48.0 Å². The van der Waals surface area contributed by atoms with E-state index in [-0.39, 0.29) is 111 Å². The molecule has 0 bridgehead atoms. The number of esters is 1. The van der Waals surface area contributed by atoms with Gasteiger partial charge in [0.2, 0.25) is 29.5 Å². The summed E-state index contributed by atoms with van der Waals surface area (Å²) in [5.74, 6) is -6.60. The molecule has 0 radical (unpaired) electrons. The molecular formula is C81H149N5O20S3. The first kappa shape index (κ1) is 111. The Hall–Kier alpha value is -4.72. The second kappa shape index (κ2) is 82.7. The van der Waals surface area contributed by atoms with Gasteiger partial charge in [-0.25, -0.2) is 4.79 Å². The minimum atomic E-state index is -1.21. The number of nitrogens with one attached hydrogen (secondary N) is 3. The van der Waals surface area contributed by atoms with Crippen molar-refractivity contribution < 1.29 is 95.6 Å². The zero-order valence-corrected chi connectivity index (χ0v) is 70.8. The van der Waals surface area contributed by atoms with Gasteiger partial charge in [0, 0.05) is 51.0 Å². The van der Waals surface area contributed by atoms with Crippen molar-refractivity contribution in [2.75, 3.05) is 132 Å². The maximum Gasteiger partial charge on any atom is 0.326 e. The molecule has 28 heteroatoms. The van der Waals surface area contributed by atoms with Crippen LogP contribution in [0.1, 0.15) is 259 Å². The fraction of sp³-hybridized carbons (Fsp3) is 0.790. The SMILES string of the molecule is CCCCCCCCCCCCCCCCC(C)OCCCCCCCCCCCCCC.CCNC(=O)CC[C@H](NC(=O)CCOCCOCCOCCOCCOCCOCCOCCOCCCC(=O)/C=C/C(=O)N(CC(N)=O)CC(=O)[C@H](C)NC(=O)[C@H](C)CC(=O)OCc1ccccc1)C(=O)O.S.S.S. The van der Waals surface area contributed by atoms with E-state index < -0.39 is 72.4 Å². The number of hydrogen-bond donors (Lipinski definition) is 5. The van der Waals surface area contributed by atoms with Crippen LogP contribution in [0.15, 0.2) is 42.5 Å². The monoisotopic (exact) mass is 1610 g/mol. The summed E-state index contributed by atoms with van der Waals surface area (Å²) >= 11 is 0. The topological polar surface area (TPSA) is 332 Å². The molecular weight excluding hydrogens is 1460 g/mol. The summed E-state index contributed by atoms with van der Waals surface area (Å²) in [6.07, 6.45) is 41.1. The van der Waals surface area contributed by atoms with Crippen LogP contribution in [0.3, 0.4) is 0 Å². The third-order valence-corrected chi connectivity index (χ3v) is 17.2. The van der Waals surface area contributed by atoms with E-state index in [1.807, 2.05) is 6.07 Å². The highest BCUT2D eigenvalue weighted by Gasteiger charge is 2.26. The van der Waals surface area contributed by atoms with Crippen LogP contribution in [-0.4, -0.2) is 213 Å². The number of rotatable bonds is 76. The van der Waals surface area contributed by atoms with Crippen molar-refractivity contribution in [2.45, 2.75) is 278 Å². The fourth-order valence-electron chi connectivity index (χ4n) is 10.8. The molecule has 109 heavy (non-hydrogen) atoms. The number of nitrogens with zero attached hydrogens (tertiary/aromatic N) is 1. The lowest BCUT2D eigenvalue weighted by Crippen LogP contribution is -2.48. The standard InChI is InChI=1S/C49H77N5O19.C32H66O.3H2S/c1-4-51-44(58)14-13-41(49(63)64)53-45(59)16-18-66-20-22-68-24-26-70-28-30-72-32-31-71-29-27-69-25-23-67-21-19-65-17-8-11-40(55)12-15-46(60)54(35-43(50)57)34-42(56)38(3)52-48(62)37(2)33-47(61)73-36-39-9-6-5-7-10-39;1-4-6-8-10-12-14-16-18-19-20-22-24-26-28-30-32(3)33-31-29-27-25-23-21-17-15-13-11-9-7-5-2;;;/h5-7,9-10,12,15,37-38,41H,4,8,11,13-14,16-36H2,1-3H3,(H2,50,57)(H,51,58)(H,52,62)(H,53,59)(H,63,64);32H,4-31H2,1-3H3;3*1H2/b15-12+;;;;/t37-,38+,41+;;;;/m1..../s1. The van der Waals surface area contributed by atoms with Gasteiger partial charge in [0.25, 0.3) is 0 Å². The molecule has 5 amide bonds. The minimum Gasteiger partial charge on any atom is -0.480 e. The van der Waals surface area contributed by atoms with E-state index in [9.17, 15) is 48.3 Å². The van der Waals surface area contributed by atoms with E-state index in [4.69, 9.17) is 53.1 Å². The molecule has 0 heterocycles. The Bertz CT molecular complexity index is 2390. The van der Waals surface area contributed by atoms with Crippen LogP contribution >= 0.6 is 40.5 Å². The number of primary amides is 1. The number of carbonyl (C=O) groups is 9. The third-order valence-electron chi connectivity index (χ3n) is 17.2. The number of aliphatic carboxylic acids is 1. The predicted octanol–water partition coefficient (Wildman–Crippen LogP) is 12.4. The summed E-state index contributed by atoms with van der Waals surface area (Å²) in [5.41, 5.74) is 6.07. The fourth-order valence-corrected chi connectivity index (χ4v) is 10.8. The molecule has 4 atom stereocenters. The van der Waals surface area contributed by atoms with E-state index in [2.05, 4.69) is 36.7 Å². The number of amides is 5. The first-order valence-electron chi connectivity index (χ1n) is 40.3. The predicted molar refractivity (Wildman–Crippen MR) is 443 cm³/mol. The number of ether oxygens (including phenoxy) is 10. The molecule has 1 rings (SSSR count). The van der Waals surface area contributed by atoms with Crippen LogP contribution in [0.2, 0.25) is 0 Å². The summed E-state index contributed by atoms with van der Waals surface area (Å²) < 4.78 is 54.8. The number of nitrogens with two attached hydrogens (primary N) is 1. The Morgan fingerprint density at radius 3 is 1.31 bits per heavy atom. The maximum absolute atomic E-state index is 12.9. The van der Waals surface area contributed by atoms with E-state index in [0.29, 0.717) is 105 Å². The summed E-state index contributed by atoms with van der Waals surface area (Å²) in [4.78, 5) is 110. The zero-order valence-electron chi connectivity index (χ0n) is 67.8. The van der Waals surface area contributed by atoms with Crippen molar-refractivity contribution in [1.29, 1.82) is 0 Å². The summed E-state index contributed by atoms with van der Waals surface area (Å²) in [5, 5.41) is 16.8. The first-order chi connectivity index (χ1) is 51.4. The quantitative estimate of drug-likeness (QED) is 0.0230. The smallest absolute Gasteiger partial charge is 0.326 e. The molecule has 0 aliphatic carbocycles. The van der Waals surface area contributed by atoms with Gasteiger partial charge in [0.1, 0.15) is 19.2 Å². The molecule has 0 spiro atoms. The molecule has 1 aromatic carbocycles. The van der Waals surface area contributed by atoms with Gasteiger partial charge in [-0.15, -0.1) is 0 Å². The second-order valence-electron chi connectivity index (χ2n) is 27.1. The number of unbranched alkanes of at least 4 members (excludes halogenated alkanes) is 24. The van der Waals surface area contributed by atoms with Gasteiger partial charge >= 0.3 is 11.9 Å². The van der Waals surface area contributed by atoms with E-state index in [0.717, 1.165) is 29.2 Å². The lowest BCUT2D eigenvalue weighted by atomic mass is 10.0. The van der Waals surface area contributed by atoms with Crippen LogP contribution in [0.5, 0.6) is 0 Å². The zero-order chi connectivity index (χ0) is 78.0. The van der Waals surface area contributed by atoms with Crippen molar-refractivity contribution >= 4 is 93.5 Å². The van der Waals surface area contributed by atoms with E-state index in [1.165, 1.54) is 187 Å². The van der Waals surface area contributed by atoms with Crippen molar-refractivity contribution in [3.63, 3.8) is 0 Å². The Kier molecular flexibility index (Phi) is 84.0. The van der Waals surface area contributed by atoms with Gasteiger partial charge in [-0.1, -0.05) is 212 Å². The molecule has 0 aromatic heterocycles. The van der Waals surface area contributed by atoms with Crippen LogP contribution in [0.25, 0.3) is 0 Å². The van der Waals surface area contributed by atoms with Crippen LogP contribution in [0, 0.1) is 5.92 Å². The van der Waals surface area contributed by atoms with Gasteiger partial charge in [-0.05, 0) is 58.1 Å². The number of benzene rings is 1. The van der Waals surface area contributed by atoms with Crippen LogP contribution in [-0.2, 0) is 97.1 Å². The van der Waals surface area contributed by atoms with Crippen molar-refractivity contribution in [3.8, 4) is 0 Å². The Labute approximate surface area is 676 Å². The largest absolute Gasteiger partial charge is 0.480 e. The Morgan fingerprint density at radius 1 is 0.459 bits per heavy atom. The second-order valence-corrected chi connectivity index (χ2v) is 27.1. The summed E-state index contributed by atoms with van der Waals surface area (Å²) in [7, 11) is 0. The lowest BCUT2D eigenvalue weighted by molar-refractivity contribution is -0.148. The average Bonchev–Trinajstić information content (AvgIpc) is 0.887. The summed E-state index contributed by atoms with van der Waals surface area (Å²) in [6.45, 7) is 17.1. The van der Waals surface area contributed by atoms with Gasteiger partial charge in [-0.3, -0.25) is 38.4 Å². The molecule has 1 aromatic rings. The average molecular weight is 1610 g/mol. The Balaban J connectivity index is -0.00000129. The van der Waals surface area contributed by atoms with Crippen LogP contribution in [0.4, 0.5) is 0 Å². The highest BCUT2D eigenvalue weighted by Crippen LogP contribution is 2.17. The number of ketones is 2. The molecule has 25 nitrogen and oxygen atoms in total. The van der Waals surface area contributed by atoms with Crippen LogP contribution < -0.4 is 21.7 Å². The van der Waals surface area contributed by atoms with Gasteiger partial charge in [0.05, 0.1) is 124 Å². The molecule has 0 fully saturated rings. The van der Waals surface area contributed by atoms with Gasteiger partial charge < -0.3 is 79.1 Å². The summed E-state index contributed by atoms with van der Waals surface area (Å²) in [6, 6.07) is 6.82. The number of carboxylic acids is 1. The molecule has 0 aliphatic heterocycles. The van der Waals surface area contributed by atoms with Gasteiger partial charge in [0.15, 0.2) is 11.6 Å². The molecule has 0 saturated heterocycles. The molecule has 0 aliphatic rings. The number of carboxylic acid groups (broad SMARTS) is 1. The maximum atomic E-state index is 12.9. The number of Topliss-reactive ketones (excluding diaryl/α,β-unsaturated/α-hetero) is 1.